The van der Waals surface area contributed by atoms with Crippen LogP contribution in [0.3, 0.4) is 0 Å². The summed E-state index contributed by atoms with van der Waals surface area (Å²) in [5.74, 6) is 1.47. The van der Waals surface area contributed by atoms with Gasteiger partial charge in [-0.1, -0.05) is 30.3 Å². The van der Waals surface area contributed by atoms with Crippen molar-refractivity contribution in [2.45, 2.75) is 18.9 Å². The largest absolute Gasteiger partial charge is 0.497 e. The maximum Gasteiger partial charge on any atom is 0.247 e. The fourth-order valence-corrected chi connectivity index (χ4v) is 3.28. The predicted octanol–water partition coefficient (Wildman–Crippen LogP) is 4.08. The van der Waals surface area contributed by atoms with Gasteiger partial charge in [0, 0.05) is 18.2 Å². The molecule has 1 fully saturated rings. The van der Waals surface area contributed by atoms with Crippen LogP contribution in [0.5, 0.6) is 11.5 Å². The fourth-order valence-electron chi connectivity index (χ4n) is 3.28. The maximum absolute atomic E-state index is 12.7. The summed E-state index contributed by atoms with van der Waals surface area (Å²) in [6, 6.07) is 15.9. The summed E-state index contributed by atoms with van der Waals surface area (Å²) in [4.78, 5) is 14.7. The molecule has 0 aromatic heterocycles. The number of benzene rings is 2. The average Bonchev–Trinajstić information content (AvgIpc) is 3.16. The number of carbonyl (C=O) groups excluding carboxylic acids is 1. The van der Waals surface area contributed by atoms with E-state index in [2.05, 4.69) is 12.1 Å². The normalized spacial score (nSPS) is 17.0. The summed E-state index contributed by atoms with van der Waals surface area (Å²) in [5.41, 5.74) is 2.02. The van der Waals surface area contributed by atoms with Gasteiger partial charge >= 0.3 is 0 Å². The maximum atomic E-state index is 12.7. The van der Waals surface area contributed by atoms with Gasteiger partial charge < -0.3 is 14.4 Å². The third kappa shape index (κ3) is 3.85. The number of methoxy groups -OCH3 is 2. The van der Waals surface area contributed by atoms with Crippen LogP contribution >= 0.6 is 0 Å². The molecule has 1 amide bonds. The number of nitrogens with zero attached hydrogens (tertiary/aromatic N) is 1. The Balaban J connectivity index is 1.78. The number of hydrogen-bond donors (Lipinski definition) is 0. The molecule has 0 N–H and O–H groups in total. The summed E-state index contributed by atoms with van der Waals surface area (Å²) < 4.78 is 10.6. The highest BCUT2D eigenvalue weighted by Gasteiger charge is 2.28. The minimum absolute atomic E-state index is 0.0243. The lowest BCUT2D eigenvalue weighted by molar-refractivity contribution is -0.126. The van der Waals surface area contributed by atoms with Gasteiger partial charge in [0.05, 0.1) is 20.3 Å². The van der Waals surface area contributed by atoms with Crippen molar-refractivity contribution in [3.8, 4) is 11.5 Å². The highest BCUT2D eigenvalue weighted by Crippen LogP contribution is 2.32. The van der Waals surface area contributed by atoms with E-state index in [4.69, 9.17) is 9.47 Å². The van der Waals surface area contributed by atoms with Crippen LogP contribution in [0.2, 0.25) is 0 Å². The highest BCUT2D eigenvalue weighted by molar-refractivity contribution is 5.92. The van der Waals surface area contributed by atoms with Crippen molar-refractivity contribution in [3.05, 3.63) is 65.7 Å². The van der Waals surface area contributed by atoms with Gasteiger partial charge in [-0.05, 0) is 42.7 Å². The van der Waals surface area contributed by atoms with E-state index in [0.717, 1.165) is 30.7 Å². The minimum atomic E-state index is 0.0243. The van der Waals surface area contributed by atoms with E-state index in [-0.39, 0.29) is 11.9 Å². The number of likely N-dealkylation sites (tertiary alicyclic amines) is 1. The molecule has 1 saturated heterocycles. The smallest absolute Gasteiger partial charge is 0.247 e. The van der Waals surface area contributed by atoms with Crippen molar-refractivity contribution < 1.29 is 14.3 Å². The molecule has 0 spiro atoms. The molecular weight excluding hydrogens is 314 g/mol. The molecule has 1 unspecified atom stereocenters. The Hall–Kier alpha value is -2.75. The Morgan fingerprint density at radius 2 is 1.92 bits per heavy atom. The summed E-state index contributed by atoms with van der Waals surface area (Å²) in [6.07, 6.45) is 5.45. The lowest BCUT2D eigenvalue weighted by atomic mass is 10.0. The van der Waals surface area contributed by atoms with Gasteiger partial charge in [-0.2, -0.15) is 0 Å². The van der Waals surface area contributed by atoms with E-state index in [1.165, 1.54) is 5.56 Å². The first-order valence-electron chi connectivity index (χ1n) is 8.48. The molecule has 0 aliphatic carbocycles. The number of rotatable bonds is 5. The number of amides is 1. The quantitative estimate of drug-likeness (QED) is 0.772. The zero-order valence-electron chi connectivity index (χ0n) is 14.6. The molecule has 25 heavy (non-hydrogen) atoms. The zero-order valence-corrected chi connectivity index (χ0v) is 14.6. The molecular formula is C21H23NO3. The van der Waals surface area contributed by atoms with E-state index >= 15 is 0 Å². The molecule has 3 rings (SSSR count). The van der Waals surface area contributed by atoms with Crippen LogP contribution in [0.4, 0.5) is 0 Å². The number of carbonyl (C=O) groups is 1. The van der Waals surface area contributed by atoms with Gasteiger partial charge in [0.25, 0.3) is 0 Å². The number of ether oxygens (including phenoxy) is 2. The Morgan fingerprint density at radius 1 is 1.12 bits per heavy atom. The molecule has 4 nitrogen and oxygen atoms in total. The van der Waals surface area contributed by atoms with Gasteiger partial charge in [0.2, 0.25) is 5.91 Å². The third-order valence-corrected chi connectivity index (χ3v) is 4.56. The van der Waals surface area contributed by atoms with Crippen LogP contribution in [0, 0.1) is 0 Å². The van der Waals surface area contributed by atoms with Crippen LogP contribution in [0.25, 0.3) is 6.08 Å². The molecule has 1 aliphatic heterocycles. The second-order valence-corrected chi connectivity index (χ2v) is 6.04. The molecule has 4 heteroatoms. The van der Waals surface area contributed by atoms with Gasteiger partial charge in [-0.25, -0.2) is 0 Å². The number of hydrogen-bond acceptors (Lipinski definition) is 3. The Kier molecular flexibility index (Phi) is 5.39. The molecule has 1 aliphatic rings. The topological polar surface area (TPSA) is 38.8 Å². The van der Waals surface area contributed by atoms with Crippen LogP contribution in [-0.4, -0.2) is 31.6 Å². The van der Waals surface area contributed by atoms with E-state index < -0.39 is 0 Å². The summed E-state index contributed by atoms with van der Waals surface area (Å²) in [5, 5.41) is 0. The predicted molar refractivity (Wildman–Crippen MR) is 98.7 cm³/mol. The van der Waals surface area contributed by atoms with E-state index in [0.29, 0.717) is 5.75 Å². The summed E-state index contributed by atoms with van der Waals surface area (Å²) in [6.45, 7) is 0.790. The van der Waals surface area contributed by atoms with Gasteiger partial charge in [-0.3, -0.25) is 4.79 Å². The van der Waals surface area contributed by atoms with Crippen LogP contribution in [0.15, 0.2) is 54.6 Å². The van der Waals surface area contributed by atoms with E-state index in [1.54, 1.807) is 26.4 Å². The Morgan fingerprint density at radius 3 is 2.64 bits per heavy atom. The molecule has 130 valence electrons. The molecule has 2 aromatic carbocycles. The van der Waals surface area contributed by atoms with Gasteiger partial charge in [0.15, 0.2) is 0 Å². The standard InChI is InChI=1S/C21H23NO3/c1-24-18-11-12-20(25-2)17(15-18)10-13-21(23)22-14-6-9-19(22)16-7-4-3-5-8-16/h3-5,7-8,10-13,15,19H,6,9,14H2,1-2H3/b13-10+. The zero-order chi connectivity index (χ0) is 17.6. The molecule has 0 bridgehead atoms. The van der Waals surface area contributed by atoms with E-state index in [1.807, 2.05) is 41.3 Å². The first kappa shape index (κ1) is 17.1. The van der Waals surface area contributed by atoms with Crippen LogP contribution in [0.1, 0.15) is 30.0 Å². The van der Waals surface area contributed by atoms with Crippen LogP contribution in [-0.2, 0) is 4.79 Å². The minimum Gasteiger partial charge on any atom is -0.497 e. The lowest BCUT2D eigenvalue weighted by Gasteiger charge is -2.23. The SMILES string of the molecule is COc1ccc(OC)c(/C=C/C(=O)N2CCCC2c2ccccc2)c1. The van der Waals surface area contributed by atoms with Crippen molar-refractivity contribution in [1.82, 2.24) is 4.90 Å². The second kappa shape index (κ2) is 7.88. The monoisotopic (exact) mass is 337 g/mol. The lowest BCUT2D eigenvalue weighted by Crippen LogP contribution is -2.28. The second-order valence-electron chi connectivity index (χ2n) is 6.04. The first-order valence-corrected chi connectivity index (χ1v) is 8.48. The fraction of sp³-hybridized carbons (Fsp3) is 0.286. The van der Waals surface area contributed by atoms with Gasteiger partial charge in [0.1, 0.15) is 11.5 Å². The molecule has 0 saturated carbocycles. The summed E-state index contributed by atoms with van der Waals surface area (Å²) in [7, 11) is 3.24. The average molecular weight is 337 g/mol. The van der Waals surface area contributed by atoms with Crippen molar-refractivity contribution >= 4 is 12.0 Å². The van der Waals surface area contributed by atoms with Crippen molar-refractivity contribution in [1.29, 1.82) is 0 Å². The molecule has 1 atom stereocenters. The highest BCUT2D eigenvalue weighted by atomic mass is 16.5. The molecule has 2 aromatic rings. The Bertz CT molecular complexity index is 755. The molecule has 1 heterocycles. The first-order chi connectivity index (χ1) is 12.2. The Labute approximate surface area is 148 Å². The van der Waals surface area contributed by atoms with Gasteiger partial charge in [-0.15, -0.1) is 0 Å². The summed E-state index contributed by atoms with van der Waals surface area (Å²) >= 11 is 0. The van der Waals surface area contributed by atoms with Crippen molar-refractivity contribution in [2.24, 2.45) is 0 Å². The molecule has 0 radical (unpaired) electrons. The van der Waals surface area contributed by atoms with E-state index in [9.17, 15) is 4.79 Å². The van der Waals surface area contributed by atoms with Crippen molar-refractivity contribution in [2.75, 3.05) is 20.8 Å². The third-order valence-electron chi connectivity index (χ3n) is 4.56. The van der Waals surface area contributed by atoms with Crippen LogP contribution < -0.4 is 9.47 Å². The van der Waals surface area contributed by atoms with Crippen molar-refractivity contribution in [3.63, 3.8) is 0 Å².